The molecule has 1 heterocycles. The molecule has 1 saturated heterocycles. The van der Waals surface area contributed by atoms with Gasteiger partial charge in [0.05, 0.1) is 6.42 Å². The van der Waals surface area contributed by atoms with Gasteiger partial charge in [-0.1, -0.05) is 66.5 Å². The van der Waals surface area contributed by atoms with Gasteiger partial charge in [0.1, 0.15) is 0 Å². The molecule has 2 N–H and O–H groups in total. The second kappa shape index (κ2) is 10.9. The molecule has 176 valence electrons. The molecule has 3 aromatic carbocycles. The summed E-state index contributed by atoms with van der Waals surface area (Å²) >= 11 is 12.2. The third kappa shape index (κ3) is 5.91. The van der Waals surface area contributed by atoms with Crippen LogP contribution in [0, 0.1) is 0 Å². The molecule has 0 aliphatic carbocycles. The normalized spacial score (nSPS) is 15.0. The summed E-state index contributed by atoms with van der Waals surface area (Å²) in [7, 11) is 0. The van der Waals surface area contributed by atoms with Crippen molar-refractivity contribution in [3.05, 3.63) is 99.5 Å². The van der Waals surface area contributed by atoms with Gasteiger partial charge in [-0.2, -0.15) is 0 Å². The molecule has 4 rings (SSSR count). The summed E-state index contributed by atoms with van der Waals surface area (Å²) in [6, 6.07) is 23.1. The molecule has 3 aromatic rings. The van der Waals surface area contributed by atoms with Gasteiger partial charge in [-0.15, -0.1) is 0 Å². The minimum Gasteiger partial charge on any atom is -0.355 e. The Labute approximate surface area is 210 Å². The molecule has 34 heavy (non-hydrogen) atoms. The molecule has 0 saturated carbocycles. The lowest BCUT2D eigenvalue weighted by Crippen LogP contribution is -2.31. The Morgan fingerprint density at radius 3 is 2.09 bits per heavy atom. The SMILES string of the molecule is CC(c1ccc(Cl)cc1)C(CNC(=O)Cc1ccc(N2CCNC2=O)cc1)c1ccc(Cl)cc1. The maximum absolute atomic E-state index is 12.8. The fraction of sp³-hybridized carbons (Fsp3) is 0.259. The van der Waals surface area contributed by atoms with E-state index >= 15 is 0 Å². The molecule has 1 fully saturated rings. The maximum atomic E-state index is 12.8. The fourth-order valence-corrected chi connectivity index (χ4v) is 4.53. The second-order valence-electron chi connectivity index (χ2n) is 8.53. The van der Waals surface area contributed by atoms with E-state index in [0.717, 1.165) is 22.4 Å². The minimum atomic E-state index is -0.0893. The molecule has 1 aliphatic heterocycles. The molecule has 0 bridgehead atoms. The van der Waals surface area contributed by atoms with Gasteiger partial charge in [0.15, 0.2) is 0 Å². The van der Waals surface area contributed by atoms with Crippen LogP contribution in [0.25, 0.3) is 0 Å². The molecule has 0 radical (unpaired) electrons. The third-order valence-corrected chi connectivity index (χ3v) is 6.79. The van der Waals surface area contributed by atoms with E-state index < -0.39 is 0 Å². The van der Waals surface area contributed by atoms with Crippen LogP contribution < -0.4 is 15.5 Å². The van der Waals surface area contributed by atoms with Gasteiger partial charge in [-0.05, 0) is 59.0 Å². The predicted molar refractivity (Wildman–Crippen MR) is 138 cm³/mol. The molecular formula is C27H27Cl2N3O2. The zero-order valence-corrected chi connectivity index (χ0v) is 20.4. The molecule has 1 aliphatic rings. The van der Waals surface area contributed by atoms with Crippen LogP contribution in [-0.4, -0.2) is 31.6 Å². The van der Waals surface area contributed by atoms with Crippen molar-refractivity contribution in [1.82, 2.24) is 10.6 Å². The zero-order chi connectivity index (χ0) is 24.1. The summed E-state index contributed by atoms with van der Waals surface area (Å²) in [6.07, 6.45) is 0.273. The molecule has 0 aromatic heterocycles. The van der Waals surface area contributed by atoms with E-state index in [1.807, 2.05) is 72.8 Å². The van der Waals surface area contributed by atoms with Crippen molar-refractivity contribution in [3.63, 3.8) is 0 Å². The topological polar surface area (TPSA) is 61.4 Å². The number of benzene rings is 3. The Balaban J connectivity index is 1.42. The largest absolute Gasteiger partial charge is 0.355 e. The Morgan fingerprint density at radius 1 is 0.941 bits per heavy atom. The monoisotopic (exact) mass is 495 g/mol. The number of nitrogens with one attached hydrogen (secondary N) is 2. The number of amides is 3. The highest BCUT2D eigenvalue weighted by molar-refractivity contribution is 6.30. The number of rotatable bonds is 8. The van der Waals surface area contributed by atoms with Gasteiger partial charge in [-0.25, -0.2) is 4.79 Å². The van der Waals surface area contributed by atoms with Crippen molar-refractivity contribution in [2.24, 2.45) is 0 Å². The van der Waals surface area contributed by atoms with E-state index in [9.17, 15) is 9.59 Å². The summed E-state index contributed by atoms with van der Waals surface area (Å²) < 4.78 is 0. The highest BCUT2D eigenvalue weighted by Gasteiger charge is 2.23. The highest BCUT2D eigenvalue weighted by atomic mass is 35.5. The van der Waals surface area contributed by atoms with Gasteiger partial charge < -0.3 is 10.6 Å². The average Bonchev–Trinajstić information content (AvgIpc) is 3.27. The lowest BCUT2D eigenvalue weighted by atomic mass is 9.82. The Hall–Kier alpha value is -3.02. The molecule has 5 nitrogen and oxygen atoms in total. The van der Waals surface area contributed by atoms with Crippen molar-refractivity contribution in [2.45, 2.75) is 25.2 Å². The number of halogens is 2. The third-order valence-electron chi connectivity index (χ3n) is 6.29. The number of carbonyl (C=O) groups is 2. The van der Waals surface area contributed by atoms with Gasteiger partial charge in [0, 0.05) is 41.3 Å². The smallest absolute Gasteiger partial charge is 0.321 e. The number of urea groups is 1. The number of carbonyl (C=O) groups excluding carboxylic acids is 2. The maximum Gasteiger partial charge on any atom is 0.321 e. The Bertz CT molecular complexity index is 1130. The highest BCUT2D eigenvalue weighted by Crippen LogP contribution is 2.33. The van der Waals surface area contributed by atoms with Crippen molar-refractivity contribution in [3.8, 4) is 0 Å². The van der Waals surface area contributed by atoms with Crippen molar-refractivity contribution < 1.29 is 9.59 Å². The summed E-state index contributed by atoms with van der Waals surface area (Å²) in [5, 5.41) is 7.28. The van der Waals surface area contributed by atoms with Crippen molar-refractivity contribution in [2.75, 3.05) is 24.5 Å². The summed E-state index contributed by atoms with van der Waals surface area (Å²) in [4.78, 5) is 26.3. The summed E-state index contributed by atoms with van der Waals surface area (Å²) in [5.41, 5.74) is 3.99. The van der Waals surface area contributed by atoms with Crippen molar-refractivity contribution >= 4 is 40.8 Å². The van der Waals surface area contributed by atoms with Crippen LogP contribution in [0.3, 0.4) is 0 Å². The van der Waals surface area contributed by atoms with E-state index in [4.69, 9.17) is 23.2 Å². The van der Waals surface area contributed by atoms with Crippen LogP contribution in [0.4, 0.5) is 10.5 Å². The Kier molecular flexibility index (Phi) is 7.76. The standard InChI is InChI=1S/C27H27Cl2N3O2/c1-18(20-4-8-22(28)9-5-20)25(21-6-10-23(29)11-7-21)17-31-26(33)16-19-2-12-24(13-3-19)32-15-14-30-27(32)34/h2-13,18,25H,14-17H2,1H3,(H,30,34)(H,31,33). The lowest BCUT2D eigenvalue weighted by Gasteiger charge is -2.25. The second-order valence-corrected chi connectivity index (χ2v) is 9.40. The van der Waals surface area contributed by atoms with Gasteiger partial charge >= 0.3 is 6.03 Å². The van der Waals surface area contributed by atoms with E-state index in [1.165, 1.54) is 0 Å². The lowest BCUT2D eigenvalue weighted by molar-refractivity contribution is -0.120. The van der Waals surface area contributed by atoms with Crippen LogP contribution in [0.1, 0.15) is 35.4 Å². The van der Waals surface area contributed by atoms with Crippen LogP contribution in [-0.2, 0) is 11.2 Å². The first-order chi connectivity index (χ1) is 16.4. The predicted octanol–water partition coefficient (Wildman–Crippen LogP) is 5.77. The molecule has 2 atom stereocenters. The number of anilines is 1. The molecular weight excluding hydrogens is 469 g/mol. The van der Waals surface area contributed by atoms with E-state index in [0.29, 0.717) is 29.7 Å². The van der Waals surface area contributed by atoms with Crippen LogP contribution in [0.2, 0.25) is 10.0 Å². The average molecular weight is 496 g/mol. The van der Waals surface area contributed by atoms with Crippen LogP contribution >= 0.6 is 23.2 Å². The number of nitrogens with zero attached hydrogens (tertiary/aromatic N) is 1. The van der Waals surface area contributed by atoms with Crippen LogP contribution in [0.5, 0.6) is 0 Å². The quantitative estimate of drug-likeness (QED) is 0.416. The molecule has 0 spiro atoms. The van der Waals surface area contributed by atoms with Gasteiger partial charge in [-0.3, -0.25) is 9.69 Å². The summed E-state index contributed by atoms with van der Waals surface area (Å²) in [6.45, 7) is 3.95. The fourth-order valence-electron chi connectivity index (χ4n) is 4.28. The first-order valence-corrected chi connectivity index (χ1v) is 12.1. The van der Waals surface area contributed by atoms with E-state index in [1.54, 1.807) is 4.90 Å². The van der Waals surface area contributed by atoms with E-state index in [2.05, 4.69) is 17.6 Å². The molecule has 7 heteroatoms. The minimum absolute atomic E-state index is 0.0473. The molecule has 2 unspecified atom stereocenters. The summed E-state index contributed by atoms with van der Waals surface area (Å²) in [5.74, 6) is 0.178. The van der Waals surface area contributed by atoms with Crippen LogP contribution in [0.15, 0.2) is 72.8 Å². The molecule has 3 amide bonds. The number of hydrogen-bond acceptors (Lipinski definition) is 2. The Morgan fingerprint density at radius 2 is 1.53 bits per heavy atom. The first-order valence-electron chi connectivity index (χ1n) is 11.3. The van der Waals surface area contributed by atoms with E-state index in [-0.39, 0.29) is 30.2 Å². The zero-order valence-electron chi connectivity index (χ0n) is 18.9. The van der Waals surface area contributed by atoms with Gasteiger partial charge in [0.25, 0.3) is 0 Å². The van der Waals surface area contributed by atoms with Gasteiger partial charge in [0.2, 0.25) is 5.91 Å². The number of hydrogen-bond donors (Lipinski definition) is 2. The first kappa shape index (κ1) is 24.1. The van der Waals surface area contributed by atoms with Crippen molar-refractivity contribution in [1.29, 1.82) is 0 Å².